The third-order valence-corrected chi connectivity index (χ3v) is 6.93. The van der Waals surface area contributed by atoms with Gasteiger partial charge in [-0.15, -0.1) is 0 Å². The molecule has 0 spiro atoms. The Kier molecular flexibility index (Phi) is 5.54. The molecule has 4 rings (SSSR count). The minimum Gasteiger partial charge on any atom is -0.427 e. The van der Waals surface area contributed by atoms with Gasteiger partial charge < -0.3 is 9.47 Å². The largest absolute Gasteiger partial charge is 0.427 e. The summed E-state index contributed by atoms with van der Waals surface area (Å²) >= 11 is 0. The number of allylic oxidation sites excluding steroid dienone is 5. The average molecular weight is 397 g/mol. The van der Waals surface area contributed by atoms with E-state index in [0.717, 1.165) is 86.0 Å². The van der Waals surface area contributed by atoms with Crippen LogP contribution in [0.5, 0.6) is 0 Å². The first-order valence-electron chi connectivity index (χ1n) is 11.3. The highest BCUT2D eigenvalue weighted by atomic mass is 16.5. The van der Waals surface area contributed by atoms with Gasteiger partial charge in [-0.1, -0.05) is 39.7 Å². The lowest BCUT2D eigenvalue weighted by atomic mass is 9.58. The van der Waals surface area contributed by atoms with E-state index in [4.69, 9.17) is 9.47 Å². The lowest BCUT2D eigenvalue weighted by Crippen LogP contribution is -2.38. The fourth-order valence-electron chi connectivity index (χ4n) is 5.53. The number of esters is 2. The summed E-state index contributed by atoms with van der Waals surface area (Å²) in [5.41, 5.74) is 2.15. The minimum absolute atomic E-state index is 0.0421. The molecule has 156 valence electrons. The first-order valence-corrected chi connectivity index (χ1v) is 11.3. The molecule has 0 amide bonds. The lowest BCUT2D eigenvalue weighted by Gasteiger charge is -2.42. The molecule has 29 heavy (non-hydrogen) atoms. The highest BCUT2D eigenvalue weighted by molar-refractivity contribution is 5.99. The van der Waals surface area contributed by atoms with E-state index >= 15 is 0 Å². The third-order valence-electron chi connectivity index (χ3n) is 6.93. The topological polar surface area (TPSA) is 52.6 Å². The number of unbranched alkanes of at least 4 members (excludes halogenated alkanes) is 2. The van der Waals surface area contributed by atoms with Crippen LogP contribution in [0.1, 0.15) is 78.6 Å². The molecule has 0 bridgehead atoms. The number of cyclic esters (lactones) is 2. The SMILES string of the molecule is CCC/C=C1\OC(=O)C2=C[C@H](C)CCC21[C@@H]1CCCC2=C1C(=O)O/C2=C/CCC. The van der Waals surface area contributed by atoms with Gasteiger partial charge in [0.05, 0.1) is 5.41 Å². The van der Waals surface area contributed by atoms with Crippen LogP contribution in [0, 0.1) is 17.3 Å². The second-order valence-corrected chi connectivity index (χ2v) is 8.90. The van der Waals surface area contributed by atoms with Gasteiger partial charge in [-0.25, -0.2) is 9.59 Å². The summed E-state index contributed by atoms with van der Waals surface area (Å²) < 4.78 is 11.6. The zero-order chi connectivity index (χ0) is 20.6. The molecule has 2 heterocycles. The third kappa shape index (κ3) is 3.21. The maximum atomic E-state index is 13.0. The van der Waals surface area contributed by atoms with Gasteiger partial charge in [-0.3, -0.25) is 0 Å². The molecular weight excluding hydrogens is 364 g/mol. The van der Waals surface area contributed by atoms with Crippen LogP contribution < -0.4 is 0 Å². The van der Waals surface area contributed by atoms with Crippen molar-refractivity contribution in [2.24, 2.45) is 17.3 Å². The quantitative estimate of drug-likeness (QED) is 0.542. The monoisotopic (exact) mass is 396 g/mol. The van der Waals surface area contributed by atoms with E-state index in [1.54, 1.807) is 0 Å². The zero-order valence-electron chi connectivity index (χ0n) is 17.9. The average Bonchev–Trinajstić information content (AvgIpc) is 3.19. The van der Waals surface area contributed by atoms with Gasteiger partial charge in [0.1, 0.15) is 11.5 Å². The Labute approximate surface area is 173 Å². The molecule has 1 saturated heterocycles. The van der Waals surface area contributed by atoms with E-state index < -0.39 is 5.41 Å². The van der Waals surface area contributed by atoms with Crippen molar-refractivity contribution >= 4 is 11.9 Å². The number of hydrogen-bond acceptors (Lipinski definition) is 4. The molecule has 0 N–H and O–H groups in total. The number of carbonyl (C=O) groups is 2. The van der Waals surface area contributed by atoms with Gasteiger partial charge in [0.15, 0.2) is 0 Å². The molecule has 2 aliphatic heterocycles. The summed E-state index contributed by atoms with van der Waals surface area (Å²) in [6, 6.07) is 0. The second-order valence-electron chi connectivity index (χ2n) is 8.90. The fourth-order valence-corrected chi connectivity index (χ4v) is 5.53. The lowest BCUT2D eigenvalue weighted by molar-refractivity contribution is -0.134. The molecule has 4 nitrogen and oxygen atoms in total. The van der Waals surface area contributed by atoms with Crippen molar-refractivity contribution in [2.45, 2.75) is 78.6 Å². The normalized spacial score (nSPS) is 34.2. The van der Waals surface area contributed by atoms with Crippen molar-refractivity contribution in [3.05, 3.63) is 46.5 Å². The molecule has 1 unspecified atom stereocenters. The molecule has 2 aliphatic carbocycles. The van der Waals surface area contributed by atoms with E-state index in [0.29, 0.717) is 5.92 Å². The highest BCUT2D eigenvalue weighted by Crippen LogP contribution is 2.61. The first kappa shape index (κ1) is 20.2. The molecule has 4 aliphatic rings. The van der Waals surface area contributed by atoms with Crippen molar-refractivity contribution in [3.63, 3.8) is 0 Å². The van der Waals surface area contributed by atoms with Crippen LogP contribution in [0.3, 0.4) is 0 Å². The molecule has 0 saturated carbocycles. The van der Waals surface area contributed by atoms with Crippen molar-refractivity contribution in [3.8, 4) is 0 Å². The Bertz CT molecular complexity index is 841. The smallest absolute Gasteiger partial charge is 0.340 e. The Morgan fingerprint density at radius 1 is 1.07 bits per heavy atom. The Balaban J connectivity index is 1.85. The van der Waals surface area contributed by atoms with Gasteiger partial charge in [0, 0.05) is 22.6 Å². The summed E-state index contributed by atoms with van der Waals surface area (Å²) in [6.07, 6.45) is 14.7. The summed E-state index contributed by atoms with van der Waals surface area (Å²) in [7, 11) is 0. The van der Waals surface area contributed by atoms with Crippen LogP contribution in [0.2, 0.25) is 0 Å². The summed E-state index contributed by atoms with van der Waals surface area (Å²) in [5.74, 6) is 1.41. The number of carbonyl (C=O) groups excluding carboxylic acids is 2. The van der Waals surface area contributed by atoms with Crippen LogP contribution in [0.4, 0.5) is 0 Å². The van der Waals surface area contributed by atoms with Crippen LogP contribution in [0.15, 0.2) is 46.5 Å². The number of hydrogen-bond donors (Lipinski definition) is 0. The minimum atomic E-state index is -0.501. The van der Waals surface area contributed by atoms with E-state index in [1.165, 1.54) is 0 Å². The van der Waals surface area contributed by atoms with Gasteiger partial charge in [-0.05, 0) is 63.0 Å². The Hall–Kier alpha value is -2.10. The van der Waals surface area contributed by atoms with Crippen LogP contribution >= 0.6 is 0 Å². The molecule has 1 fully saturated rings. The molecule has 4 heteroatoms. The van der Waals surface area contributed by atoms with Gasteiger partial charge in [0.2, 0.25) is 0 Å². The molecule has 3 atom stereocenters. The van der Waals surface area contributed by atoms with Gasteiger partial charge >= 0.3 is 11.9 Å². The van der Waals surface area contributed by atoms with Crippen LogP contribution in [0.25, 0.3) is 0 Å². The number of fused-ring (bicyclic) bond motifs is 1. The van der Waals surface area contributed by atoms with Crippen LogP contribution in [-0.4, -0.2) is 11.9 Å². The summed E-state index contributed by atoms with van der Waals surface area (Å²) in [6.45, 7) is 6.40. The predicted molar refractivity (Wildman–Crippen MR) is 111 cm³/mol. The molecule has 0 aromatic carbocycles. The highest BCUT2D eigenvalue weighted by Gasteiger charge is 2.59. The molecular formula is C25H32O4. The summed E-state index contributed by atoms with van der Waals surface area (Å²) in [4.78, 5) is 25.9. The van der Waals surface area contributed by atoms with Gasteiger partial charge in [0.25, 0.3) is 0 Å². The fraction of sp³-hybridized carbons (Fsp3) is 0.600. The second kappa shape index (κ2) is 7.97. The van der Waals surface area contributed by atoms with Crippen molar-refractivity contribution in [2.75, 3.05) is 0 Å². The first-order chi connectivity index (χ1) is 14.0. The number of rotatable bonds is 5. The predicted octanol–water partition coefficient (Wildman–Crippen LogP) is 5.91. The van der Waals surface area contributed by atoms with E-state index in [2.05, 4.69) is 39.0 Å². The maximum absolute atomic E-state index is 13.0. The molecule has 0 radical (unpaired) electrons. The van der Waals surface area contributed by atoms with Crippen molar-refractivity contribution < 1.29 is 19.1 Å². The summed E-state index contributed by atoms with van der Waals surface area (Å²) in [5, 5.41) is 0. The van der Waals surface area contributed by atoms with E-state index in [-0.39, 0.29) is 17.9 Å². The molecule has 0 aromatic heterocycles. The zero-order valence-corrected chi connectivity index (χ0v) is 17.9. The van der Waals surface area contributed by atoms with Crippen molar-refractivity contribution in [1.82, 2.24) is 0 Å². The Morgan fingerprint density at radius 3 is 2.59 bits per heavy atom. The Morgan fingerprint density at radius 2 is 1.83 bits per heavy atom. The van der Waals surface area contributed by atoms with Crippen LogP contribution in [-0.2, 0) is 19.1 Å². The van der Waals surface area contributed by atoms with E-state index in [1.807, 2.05) is 0 Å². The van der Waals surface area contributed by atoms with E-state index in [9.17, 15) is 9.59 Å². The van der Waals surface area contributed by atoms with Crippen molar-refractivity contribution in [1.29, 1.82) is 0 Å². The maximum Gasteiger partial charge on any atom is 0.340 e. The number of ether oxygens (including phenoxy) is 2. The molecule has 0 aromatic rings. The standard InChI is InChI=1S/C25H32O4/c1-4-6-11-20-17-9-8-10-18(22(17)24(27)28-20)25-14-13-16(3)15-19(25)23(26)29-21(25)12-7-5-2/h11-12,15-16,18H,4-10,13-14H2,1-3H3/b20-11+,21-12-/t16-,18-,25?/m1/s1. The van der Waals surface area contributed by atoms with Gasteiger partial charge in [-0.2, -0.15) is 0 Å².